The second-order valence-electron chi connectivity index (χ2n) is 5.62. The molecule has 5 heteroatoms. The van der Waals surface area contributed by atoms with E-state index in [1.54, 1.807) is 13.0 Å². The van der Waals surface area contributed by atoms with E-state index in [1.807, 2.05) is 42.5 Å². The van der Waals surface area contributed by atoms with Crippen molar-refractivity contribution in [2.45, 2.75) is 20.0 Å². The number of amides is 2. The summed E-state index contributed by atoms with van der Waals surface area (Å²) in [6, 6.07) is 14.9. The predicted molar refractivity (Wildman–Crippen MR) is 93.5 cm³/mol. The molecule has 5 nitrogen and oxygen atoms in total. The van der Waals surface area contributed by atoms with E-state index in [9.17, 15) is 14.7 Å². The Kier molecular flexibility index (Phi) is 6.09. The van der Waals surface area contributed by atoms with Crippen molar-refractivity contribution in [2.24, 2.45) is 0 Å². The third-order valence-electron chi connectivity index (χ3n) is 3.61. The fourth-order valence-electron chi connectivity index (χ4n) is 2.33. The molecule has 0 spiro atoms. The number of hydrogen-bond donors (Lipinski definition) is 3. The third-order valence-corrected chi connectivity index (χ3v) is 3.61. The maximum Gasteiger partial charge on any atom is 0.251 e. The molecule has 0 saturated heterocycles. The molecule has 126 valence electrons. The van der Waals surface area contributed by atoms with Gasteiger partial charge in [0.25, 0.3) is 5.91 Å². The molecule has 2 rings (SSSR count). The Bertz CT molecular complexity index is 726. The molecule has 0 aromatic heterocycles. The molecule has 0 aliphatic carbocycles. The van der Waals surface area contributed by atoms with Gasteiger partial charge in [0.2, 0.25) is 5.91 Å². The van der Waals surface area contributed by atoms with Crippen LogP contribution in [0.3, 0.4) is 0 Å². The van der Waals surface area contributed by atoms with Crippen molar-refractivity contribution in [3.63, 3.8) is 0 Å². The number of hydrogen-bond acceptors (Lipinski definition) is 3. The quantitative estimate of drug-likeness (QED) is 0.713. The SMILES string of the molecule is CC(=O)NCCNC(=O)c1cccc(-c2cccc(C(C)O)c2)c1. The number of carbonyl (C=O) groups excluding carboxylic acids is 2. The normalized spacial score (nSPS) is 11.6. The Morgan fingerprint density at radius 2 is 1.62 bits per heavy atom. The highest BCUT2D eigenvalue weighted by Crippen LogP contribution is 2.24. The van der Waals surface area contributed by atoms with Crippen molar-refractivity contribution in [3.05, 3.63) is 59.7 Å². The Morgan fingerprint density at radius 3 is 2.29 bits per heavy atom. The number of aliphatic hydroxyl groups is 1. The van der Waals surface area contributed by atoms with E-state index in [1.165, 1.54) is 6.92 Å². The van der Waals surface area contributed by atoms with Crippen LogP contribution in [0.25, 0.3) is 11.1 Å². The van der Waals surface area contributed by atoms with Gasteiger partial charge in [-0.3, -0.25) is 9.59 Å². The Balaban J connectivity index is 2.09. The minimum absolute atomic E-state index is 0.121. The van der Waals surface area contributed by atoms with Crippen LogP contribution in [0.15, 0.2) is 48.5 Å². The van der Waals surface area contributed by atoms with Gasteiger partial charge in [-0.25, -0.2) is 0 Å². The first-order chi connectivity index (χ1) is 11.5. The summed E-state index contributed by atoms with van der Waals surface area (Å²) in [5, 5.41) is 15.1. The van der Waals surface area contributed by atoms with E-state index >= 15 is 0 Å². The minimum atomic E-state index is -0.537. The van der Waals surface area contributed by atoms with Gasteiger partial charge in [0.15, 0.2) is 0 Å². The second kappa shape index (κ2) is 8.26. The van der Waals surface area contributed by atoms with Crippen LogP contribution in [0.1, 0.15) is 35.9 Å². The molecule has 0 bridgehead atoms. The summed E-state index contributed by atoms with van der Waals surface area (Å²) in [6.07, 6.45) is -0.537. The Morgan fingerprint density at radius 1 is 1.00 bits per heavy atom. The van der Waals surface area contributed by atoms with Crippen molar-refractivity contribution in [3.8, 4) is 11.1 Å². The molecule has 2 amide bonds. The number of benzene rings is 2. The molecule has 0 aliphatic heterocycles. The third kappa shape index (κ3) is 4.93. The summed E-state index contributed by atoms with van der Waals surface area (Å²) in [5.74, 6) is -0.307. The first-order valence-electron chi connectivity index (χ1n) is 7.88. The van der Waals surface area contributed by atoms with Crippen LogP contribution in [-0.2, 0) is 4.79 Å². The van der Waals surface area contributed by atoms with Crippen LogP contribution < -0.4 is 10.6 Å². The first-order valence-corrected chi connectivity index (χ1v) is 7.88. The van der Waals surface area contributed by atoms with Crippen molar-refractivity contribution in [2.75, 3.05) is 13.1 Å². The van der Waals surface area contributed by atoms with Crippen molar-refractivity contribution < 1.29 is 14.7 Å². The second-order valence-corrected chi connectivity index (χ2v) is 5.62. The van der Waals surface area contributed by atoms with Gasteiger partial charge in [-0.2, -0.15) is 0 Å². The average Bonchev–Trinajstić information content (AvgIpc) is 2.58. The van der Waals surface area contributed by atoms with Gasteiger partial charge < -0.3 is 15.7 Å². The number of aliphatic hydroxyl groups excluding tert-OH is 1. The predicted octanol–water partition coefficient (Wildman–Crippen LogP) is 2.27. The Hall–Kier alpha value is -2.66. The lowest BCUT2D eigenvalue weighted by Crippen LogP contribution is -2.33. The van der Waals surface area contributed by atoms with E-state index in [0.29, 0.717) is 18.7 Å². The largest absolute Gasteiger partial charge is 0.389 e. The zero-order chi connectivity index (χ0) is 17.5. The lowest BCUT2D eigenvalue weighted by molar-refractivity contribution is -0.118. The number of carbonyl (C=O) groups is 2. The van der Waals surface area contributed by atoms with E-state index in [4.69, 9.17) is 0 Å². The van der Waals surface area contributed by atoms with Gasteiger partial charge in [0.1, 0.15) is 0 Å². The van der Waals surface area contributed by atoms with Crippen LogP contribution in [-0.4, -0.2) is 30.0 Å². The van der Waals surface area contributed by atoms with Crippen molar-refractivity contribution >= 4 is 11.8 Å². The van der Waals surface area contributed by atoms with E-state index in [2.05, 4.69) is 10.6 Å². The Labute approximate surface area is 141 Å². The van der Waals surface area contributed by atoms with Crippen LogP contribution in [0, 0.1) is 0 Å². The lowest BCUT2D eigenvalue weighted by atomic mass is 9.99. The van der Waals surface area contributed by atoms with Gasteiger partial charge in [-0.1, -0.05) is 30.3 Å². The van der Waals surface area contributed by atoms with Crippen molar-refractivity contribution in [1.29, 1.82) is 0 Å². The van der Waals surface area contributed by atoms with Gasteiger partial charge in [0.05, 0.1) is 6.10 Å². The zero-order valence-electron chi connectivity index (χ0n) is 13.9. The summed E-state index contributed by atoms with van der Waals surface area (Å²) in [5.41, 5.74) is 3.24. The highest BCUT2D eigenvalue weighted by molar-refractivity contribution is 5.95. The van der Waals surface area contributed by atoms with E-state index in [0.717, 1.165) is 16.7 Å². The smallest absolute Gasteiger partial charge is 0.251 e. The highest BCUT2D eigenvalue weighted by Gasteiger charge is 2.08. The molecular weight excluding hydrogens is 304 g/mol. The average molecular weight is 326 g/mol. The summed E-state index contributed by atoms with van der Waals surface area (Å²) < 4.78 is 0. The molecule has 0 saturated carbocycles. The maximum atomic E-state index is 12.2. The maximum absolute atomic E-state index is 12.2. The summed E-state index contributed by atoms with van der Waals surface area (Å²) >= 11 is 0. The van der Waals surface area contributed by atoms with Gasteiger partial charge in [0, 0.05) is 25.6 Å². The van der Waals surface area contributed by atoms with Crippen molar-refractivity contribution in [1.82, 2.24) is 10.6 Å². The molecule has 2 aromatic rings. The van der Waals surface area contributed by atoms with Crippen LogP contribution in [0.2, 0.25) is 0 Å². The lowest BCUT2D eigenvalue weighted by Gasteiger charge is -2.10. The summed E-state index contributed by atoms with van der Waals surface area (Å²) in [4.78, 5) is 23.0. The van der Waals surface area contributed by atoms with E-state index < -0.39 is 6.10 Å². The number of nitrogens with one attached hydrogen (secondary N) is 2. The standard InChI is InChI=1S/C19H22N2O3/c1-13(22)15-5-3-6-16(11-15)17-7-4-8-18(12-17)19(24)21-10-9-20-14(2)23/h3-8,11-13,22H,9-10H2,1-2H3,(H,20,23)(H,21,24). The van der Waals surface area contributed by atoms with Crippen LogP contribution >= 0.6 is 0 Å². The molecule has 0 aliphatic rings. The van der Waals surface area contributed by atoms with E-state index in [-0.39, 0.29) is 11.8 Å². The first kappa shape index (κ1) is 17.7. The molecule has 0 radical (unpaired) electrons. The summed E-state index contributed by atoms with van der Waals surface area (Å²) in [6.45, 7) is 3.93. The van der Waals surface area contributed by atoms with Crippen LogP contribution in [0.5, 0.6) is 0 Å². The molecule has 0 heterocycles. The van der Waals surface area contributed by atoms with Gasteiger partial charge in [-0.15, -0.1) is 0 Å². The summed E-state index contributed by atoms with van der Waals surface area (Å²) in [7, 11) is 0. The van der Waals surface area contributed by atoms with Gasteiger partial charge >= 0.3 is 0 Å². The molecule has 24 heavy (non-hydrogen) atoms. The molecule has 0 fully saturated rings. The topological polar surface area (TPSA) is 78.4 Å². The molecular formula is C19H22N2O3. The van der Waals surface area contributed by atoms with Crippen LogP contribution in [0.4, 0.5) is 0 Å². The fraction of sp³-hybridized carbons (Fsp3) is 0.263. The highest BCUT2D eigenvalue weighted by atomic mass is 16.3. The molecule has 1 atom stereocenters. The monoisotopic (exact) mass is 326 g/mol. The van der Waals surface area contributed by atoms with Gasteiger partial charge in [-0.05, 0) is 41.8 Å². The molecule has 1 unspecified atom stereocenters. The molecule has 2 aromatic carbocycles. The number of rotatable bonds is 6. The zero-order valence-corrected chi connectivity index (χ0v) is 13.9. The minimum Gasteiger partial charge on any atom is -0.389 e. The fourth-order valence-corrected chi connectivity index (χ4v) is 2.33. The molecule has 3 N–H and O–H groups in total.